The van der Waals surface area contributed by atoms with Gasteiger partial charge in [-0.2, -0.15) is 29.9 Å². The fourth-order valence-corrected chi connectivity index (χ4v) is 15.1. The lowest BCUT2D eigenvalue weighted by Crippen LogP contribution is -2.40. The van der Waals surface area contributed by atoms with E-state index >= 15 is 0 Å². The van der Waals surface area contributed by atoms with E-state index in [1.807, 2.05) is 35.8 Å². The number of benzene rings is 3. The minimum Gasteiger partial charge on any atom is -0.480 e. The number of aliphatic carboxylic acids is 3. The van der Waals surface area contributed by atoms with Crippen LogP contribution in [0.15, 0.2) is 91.4 Å². The molecular weight excluding hydrogens is 1610 g/mol. The molecule has 0 radical (unpaired) electrons. The first-order chi connectivity index (χ1) is 55.4. The van der Waals surface area contributed by atoms with Crippen molar-refractivity contribution in [1.29, 1.82) is 0 Å². The molecule has 43 nitrogen and oxygen atoms in total. The van der Waals surface area contributed by atoms with Crippen LogP contribution < -0.4 is 65.5 Å². The van der Waals surface area contributed by atoms with E-state index < -0.39 is 76.6 Å². The van der Waals surface area contributed by atoms with Gasteiger partial charge in [0.25, 0.3) is 11.8 Å². The van der Waals surface area contributed by atoms with Crippen molar-refractivity contribution < 1.29 is 90.8 Å². The maximum absolute atomic E-state index is 12.8. The highest BCUT2D eigenvalue weighted by atomic mass is 31.2. The minimum atomic E-state index is -4.14. The van der Waals surface area contributed by atoms with E-state index in [0.29, 0.717) is 127 Å². The van der Waals surface area contributed by atoms with Crippen molar-refractivity contribution in [3.05, 3.63) is 125 Å². The van der Waals surface area contributed by atoms with Gasteiger partial charge in [-0.1, -0.05) is 34.1 Å². The molecular formula is C73H107N24O19P3. The molecule has 0 bridgehead atoms. The lowest BCUT2D eigenvalue weighted by Gasteiger charge is -2.20. The largest absolute Gasteiger partial charge is 0.480 e. The van der Waals surface area contributed by atoms with E-state index in [4.69, 9.17) is 78.2 Å². The number of anilines is 9. The monoisotopic (exact) mass is 1720 g/mol. The number of amides is 2. The number of unbranched alkanes of at least 4 members (excludes halogenated alkanes) is 3. The number of carbonyl (C=O) groups is 6. The molecule has 0 aliphatic carbocycles. The van der Waals surface area contributed by atoms with Crippen molar-refractivity contribution in [3.8, 4) is 0 Å². The molecule has 46 heteroatoms. The summed E-state index contributed by atoms with van der Waals surface area (Å²) in [4.78, 5) is 143. The standard InChI is InChI=1S/C25H35N8O6P.C21H27N8O6P.C15H15N7O2.C10H22NO5P.2CH4/c1-4-38-40(37,39-5-2)13-7-6-8-19(24(35)36)30-23(34)16-9-11-18(12-10-16)33(3)15-17-14-28-22-20(29-17)21(26)31-25(27)32-22;1-29(11-13-10-24-18-16(25-13)17(22)27-21(23)28-18)14-7-5-12(6-8-14)19(30)26-15(20(31)32)4-2-3-9-36(33,34)35;1-22(10-4-2-8(3-5-10)14(23)24)7-9-6-18-13-11(19-9)12(16)20-15(17)21-13;1-3-15-17(14,16-4-2)8-6-5-7-9(11)10(12)13;;/h9-12,14,19H,4-8,13,15H2,1-3H3,(H,30,34)(H,35,36)(H4,26,27,28,31,32);5-8,10,15H,2-4,9,11H2,1H3,(H,26,30)(H,31,32)(H2,33,34,35)(H4,22,23,24,27,28);2-6H,7H2,1H3,(H,23,24)(H4,16,17,18,20,21);9H,3-8,11H2,1-2H3,(H,12,13);2*1H4/t19-;15-;;9-;;/m00.0../s1. The fraction of sp³-hybridized carbons (Fsp3) is 0.425. The van der Waals surface area contributed by atoms with Gasteiger partial charge in [-0.3, -0.25) is 28.1 Å². The Labute approximate surface area is 686 Å². The molecule has 9 rings (SSSR count). The molecule has 2 amide bonds. The molecule has 22 N–H and O–H groups in total. The Balaban J connectivity index is 0.000000346. The predicted octanol–water partition coefficient (Wildman–Crippen LogP) is 7.62. The van der Waals surface area contributed by atoms with Crippen LogP contribution in [0.25, 0.3) is 33.5 Å². The zero-order chi connectivity index (χ0) is 86.3. The number of carboxylic acid groups (broad SMARTS) is 4. The number of carboxylic acids is 4. The maximum Gasteiger partial charge on any atom is 0.335 e. The Morgan fingerprint density at radius 1 is 0.412 bits per heavy atom. The van der Waals surface area contributed by atoms with Gasteiger partial charge in [-0.05, 0) is 139 Å². The van der Waals surface area contributed by atoms with Crippen LogP contribution in [-0.4, -0.2) is 210 Å². The number of fused-ring (bicyclic) bond motifs is 3. The molecule has 0 saturated heterocycles. The van der Waals surface area contributed by atoms with Crippen molar-refractivity contribution in [2.75, 3.05) is 115 Å². The minimum absolute atomic E-state index is 0. The summed E-state index contributed by atoms with van der Waals surface area (Å²) in [5, 5.41) is 41.5. The number of nitrogens with one attached hydrogen (secondary N) is 2. The Kier molecular flexibility index (Phi) is 39.9. The average molecular weight is 1720 g/mol. The first-order valence-corrected chi connectivity index (χ1v) is 41.8. The number of hydrogen-bond acceptors (Lipinski definition) is 35. The third-order valence-electron chi connectivity index (χ3n) is 16.8. The number of hydrogen-bond donors (Lipinski definition) is 15. The van der Waals surface area contributed by atoms with Crippen molar-refractivity contribution in [1.82, 2.24) is 70.4 Å². The molecule has 0 spiro atoms. The lowest BCUT2D eigenvalue weighted by molar-refractivity contribution is -0.140. The van der Waals surface area contributed by atoms with E-state index in [-0.39, 0.29) is 112 Å². The highest BCUT2D eigenvalue weighted by molar-refractivity contribution is 7.54. The van der Waals surface area contributed by atoms with Crippen LogP contribution in [0.3, 0.4) is 0 Å². The van der Waals surface area contributed by atoms with Crippen molar-refractivity contribution >= 4 is 144 Å². The first-order valence-electron chi connectivity index (χ1n) is 36.5. The van der Waals surface area contributed by atoms with Gasteiger partial charge < -0.3 is 114 Å². The normalized spacial score (nSPS) is 11.9. The van der Waals surface area contributed by atoms with Gasteiger partial charge in [-0.15, -0.1) is 0 Å². The summed E-state index contributed by atoms with van der Waals surface area (Å²) >= 11 is 0. The number of aromatic carboxylic acids is 1. The second-order valence-electron chi connectivity index (χ2n) is 25.9. The summed E-state index contributed by atoms with van der Waals surface area (Å²) in [6.45, 7) is 9.39. The van der Waals surface area contributed by atoms with Crippen LogP contribution in [-0.2, 0) is 65.8 Å². The molecule has 9 aromatic rings. The summed E-state index contributed by atoms with van der Waals surface area (Å²) in [6.07, 6.45) is 7.92. The molecule has 0 aliphatic heterocycles. The van der Waals surface area contributed by atoms with Crippen molar-refractivity contribution in [2.24, 2.45) is 5.73 Å². The maximum atomic E-state index is 12.8. The number of aromatic nitrogens is 12. The summed E-state index contributed by atoms with van der Waals surface area (Å²) in [5.41, 5.74) is 46.8. The number of nitrogens with zero attached hydrogens (tertiary/aromatic N) is 15. The molecule has 3 aromatic carbocycles. The average Bonchev–Trinajstić information content (AvgIpc) is 0.813. The summed E-state index contributed by atoms with van der Waals surface area (Å²) in [5.74, 6) is -4.87. The van der Waals surface area contributed by atoms with E-state index in [0.717, 1.165) is 17.1 Å². The molecule has 6 heterocycles. The number of carbonyl (C=O) groups excluding carboxylic acids is 2. The predicted molar refractivity (Wildman–Crippen MR) is 451 cm³/mol. The van der Waals surface area contributed by atoms with Crippen LogP contribution in [0.5, 0.6) is 0 Å². The Bertz CT molecular complexity index is 4990. The van der Waals surface area contributed by atoms with Gasteiger partial charge in [0.2, 0.25) is 17.8 Å². The third kappa shape index (κ3) is 32.3. The molecule has 119 heavy (non-hydrogen) atoms. The Hall–Kier alpha value is -11.7. The van der Waals surface area contributed by atoms with Gasteiger partial charge in [0.05, 0.1) is 99.6 Å². The third-order valence-corrected chi connectivity index (χ3v) is 22.0. The second-order valence-corrected chi connectivity index (χ2v) is 32.1. The van der Waals surface area contributed by atoms with Gasteiger partial charge in [-0.25, -0.2) is 44.3 Å². The SMILES string of the molecule is C.C.CCOP(=O)(CCCC[C@H](N)C(=O)O)OCC.CCOP(=O)(CCCC[C@H](NC(=O)c1ccc(N(C)Cc2cnc3nc(N)nc(N)c3n2)cc1)C(=O)O)OCC.CN(Cc1cnc2nc(N)nc(N)c2n1)c1ccc(C(=O)N[C@@H](CCCCP(=O)(O)O)C(=O)O)cc1.CN(Cc1cnc2nc(N)nc(N)c2n1)c1ccc(C(=O)O)cc1. The highest BCUT2D eigenvalue weighted by Crippen LogP contribution is 2.50. The number of nitrogens with two attached hydrogens (primary N) is 7. The van der Waals surface area contributed by atoms with Gasteiger partial charge >= 0.3 is 46.7 Å². The van der Waals surface area contributed by atoms with E-state index in [1.54, 1.807) is 119 Å². The van der Waals surface area contributed by atoms with Crippen molar-refractivity contribution in [3.63, 3.8) is 0 Å². The smallest absolute Gasteiger partial charge is 0.335 e. The van der Waals surface area contributed by atoms with Crippen LogP contribution in [0.4, 0.5) is 52.4 Å². The van der Waals surface area contributed by atoms with Crippen LogP contribution >= 0.6 is 22.8 Å². The number of nitrogen functional groups attached to an aromatic ring is 6. The van der Waals surface area contributed by atoms with Gasteiger partial charge in [0, 0.05) is 55.5 Å². The van der Waals surface area contributed by atoms with Crippen molar-refractivity contribution in [2.45, 2.75) is 138 Å². The molecule has 0 fully saturated rings. The summed E-state index contributed by atoms with van der Waals surface area (Å²) in [6, 6.07) is 16.7. The summed E-state index contributed by atoms with van der Waals surface area (Å²) < 4.78 is 56.2. The molecule has 0 unspecified atom stereocenters. The topological polar surface area (TPSA) is 683 Å². The molecule has 0 saturated carbocycles. The highest BCUT2D eigenvalue weighted by Gasteiger charge is 2.28. The fourth-order valence-electron chi connectivity index (χ4n) is 11.0. The van der Waals surface area contributed by atoms with Crippen LogP contribution in [0, 0.1) is 0 Å². The molecule has 0 aliphatic rings. The van der Waals surface area contributed by atoms with E-state index in [9.17, 15) is 52.7 Å². The molecule has 6 aromatic heterocycles. The van der Waals surface area contributed by atoms with Crippen LogP contribution in [0.2, 0.25) is 0 Å². The second kappa shape index (κ2) is 47.7. The summed E-state index contributed by atoms with van der Waals surface area (Å²) in [7, 11) is -4.78. The van der Waals surface area contributed by atoms with Gasteiger partial charge in [0.15, 0.2) is 50.9 Å². The molecule has 648 valence electrons. The zero-order valence-electron chi connectivity index (χ0n) is 65.4. The van der Waals surface area contributed by atoms with Crippen LogP contribution in [0.1, 0.15) is 148 Å². The Morgan fingerprint density at radius 3 is 0.966 bits per heavy atom. The van der Waals surface area contributed by atoms with E-state index in [2.05, 4.69) is 70.4 Å². The quantitative estimate of drug-likeness (QED) is 0.0130. The van der Waals surface area contributed by atoms with E-state index in [1.165, 1.54) is 0 Å². The lowest BCUT2D eigenvalue weighted by atomic mass is 10.1. The molecule has 3 atom stereocenters. The zero-order valence-corrected chi connectivity index (χ0v) is 68.1. The Morgan fingerprint density at radius 2 is 0.697 bits per heavy atom. The van der Waals surface area contributed by atoms with Gasteiger partial charge in [0.1, 0.15) is 18.1 Å². The first kappa shape index (κ1) is 99.7. The number of rotatable bonds is 40.